The lowest BCUT2D eigenvalue weighted by atomic mass is 9.65. The van der Waals surface area contributed by atoms with Gasteiger partial charge >= 0.3 is 0 Å². The van der Waals surface area contributed by atoms with Crippen LogP contribution in [0.2, 0.25) is 5.02 Å². The van der Waals surface area contributed by atoms with E-state index in [1.807, 2.05) is 24.7 Å². The van der Waals surface area contributed by atoms with E-state index in [-0.39, 0.29) is 0 Å². The van der Waals surface area contributed by atoms with Gasteiger partial charge in [0.25, 0.3) is 0 Å². The summed E-state index contributed by atoms with van der Waals surface area (Å²) < 4.78 is 2.21. The number of aromatic nitrogens is 2. The van der Waals surface area contributed by atoms with E-state index in [4.69, 9.17) is 11.6 Å². The molecule has 3 unspecified atom stereocenters. The molecule has 0 spiro atoms. The quantitative estimate of drug-likeness (QED) is 0.497. The van der Waals surface area contributed by atoms with Crippen molar-refractivity contribution in [3.8, 4) is 0 Å². The maximum Gasteiger partial charge on any atom is 0.0945 e. The zero-order valence-electron chi connectivity index (χ0n) is 16.2. The molecule has 0 bridgehead atoms. The van der Waals surface area contributed by atoms with Crippen LogP contribution in [-0.2, 0) is 6.54 Å². The average Bonchev–Trinajstić information content (AvgIpc) is 3.13. The molecule has 1 aromatic carbocycles. The summed E-state index contributed by atoms with van der Waals surface area (Å²) >= 11 is 8.14. The molecule has 0 radical (unpaired) electrons. The molecule has 1 aliphatic carbocycles. The van der Waals surface area contributed by atoms with E-state index in [0.717, 1.165) is 23.4 Å². The van der Waals surface area contributed by atoms with E-state index in [1.165, 1.54) is 37.0 Å². The Morgan fingerprint density at radius 2 is 1.92 bits per heavy atom. The lowest BCUT2D eigenvalue weighted by molar-refractivity contribution is 0.103. The Labute approximate surface area is 167 Å². The number of hydrogen-bond donors (Lipinski definition) is 0. The Balaban J connectivity index is 1.79. The number of rotatable bonds is 6. The molecule has 0 aliphatic heterocycles. The minimum atomic E-state index is 0.374. The third-order valence-electron chi connectivity index (χ3n) is 5.74. The van der Waals surface area contributed by atoms with E-state index in [1.54, 1.807) is 0 Å². The third-order valence-corrected chi connectivity index (χ3v) is 7.43. The van der Waals surface area contributed by atoms with Crippen molar-refractivity contribution in [2.45, 2.75) is 69.6 Å². The van der Waals surface area contributed by atoms with E-state index in [9.17, 15) is 0 Å². The largest absolute Gasteiger partial charge is 0.337 e. The first-order chi connectivity index (χ1) is 12.4. The van der Waals surface area contributed by atoms with Crippen LogP contribution in [0.25, 0.3) is 0 Å². The molecule has 1 aliphatic rings. The lowest BCUT2D eigenvalue weighted by Gasteiger charge is -2.44. The number of thioether (sulfide) groups is 1. The van der Waals surface area contributed by atoms with Crippen molar-refractivity contribution in [2.75, 3.05) is 0 Å². The van der Waals surface area contributed by atoms with Crippen LogP contribution >= 0.6 is 23.4 Å². The van der Waals surface area contributed by atoms with Crippen molar-refractivity contribution in [3.05, 3.63) is 48.0 Å². The molecule has 3 rings (SSSR count). The maximum atomic E-state index is 6.09. The SMILES string of the molecule is CC(C)(C)C1CCCCC1C(CCn1ccnc1)Sc1ccc(Cl)cc1. The average molecular weight is 391 g/mol. The van der Waals surface area contributed by atoms with E-state index in [2.05, 4.69) is 60.4 Å². The molecular formula is C22H31ClN2S. The van der Waals surface area contributed by atoms with Gasteiger partial charge in [0, 0.05) is 34.1 Å². The molecule has 0 saturated heterocycles. The van der Waals surface area contributed by atoms with Crippen LogP contribution in [0, 0.1) is 17.3 Å². The second kappa shape index (κ2) is 8.84. The molecule has 1 saturated carbocycles. The number of halogens is 1. The van der Waals surface area contributed by atoms with Crippen LogP contribution in [0.4, 0.5) is 0 Å². The zero-order chi connectivity index (χ0) is 18.6. The summed E-state index contributed by atoms with van der Waals surface area (Å²) in [4.78, 5) is 5.54. The van der Waals surface area contributed by atoms with Crippen molar-refractivity contribution in [1.29, 1.82) is 0 Å². The predicted octanol–water partition coefficient (Wildman–Crippen LogP) is 6.94. The molecular weight excluding hydrogens is 360 g/mol. The fraction of sp³-hybridized carbons (Fsp3) is 0.591. The summed E-state index contributed by atoms with van der Waals surface area (Å²) in [6.45, 7) is 8.32. The maximum absolute atomic E-state index is 6.09. The van der Waals surface area contributed by atoms with Crippen LogP contribution < -0.4 is 0 Å². The zero-order valence-corrected chi connectivity index (χ0v) is 17.8. The summed E-state index contributed by atoms with van der Waals surface area (Å²) in [6.07, 6.45) is 12.6. The van der Waals surface area contributed by atoms with Gasteiger partial charge in [-0.15, -0.1) is 11.8 Å². The normalized spacial score (nSPS) is 22.3. The van der Waals surface area contributed by atoms with Crippen LogP contribution in [0.1, 0.15) is 52.9 Å². The molecule has 2 aromatic rings. The van der Waals surface area contributed by atoms with Gasteiger partial charge in [-0.25, -0.2) is 4.98 Å². The molecule has 26 heavy (non-hydrogen) atoms. The van der Waals surface area contributed by atoms with Gasteiger partial charge in [0.15, 0.2) is 0 Å². The van der Waals surface area contributed by atoms with Crippen LogP contribution in [0.5, 0.6) is 0 Å². The first-order valence-electron chi connectivity index (χ1n) is 9.81. The summed E-state index contributed by atoms with van der Waals surface area (Å²) in [6, 6.07) is 8.37. The molecule has 0 N–H and O–H groups in total. The Kier molecular flexibility index (Phi) is 6.74. The van der Waals surface area contributed by atoms with Gasteiger partial charge in [-0.2, -0.15) is 0 Å². The Hall–Kier alpha value is -0.930. The second-order valence-electron chi connectivity index (χ2n) is 8.62. The van der Waals surface area contributed by atoms with E-state index in [0.29, 0.717) is 10.7 Å². The molecule has 1 aromatic heterocycles. The molecule has 0 amide bonds. The smallest absolute Gasteiger partial charge is 0.0945 e. The minimum Gasteiger partial charge on any atom is -0.337 e. The lowest BCUT2D eigenvalue weighted by Crippen LogP contribution is -2.37. The highest BCUT2D eigenvalue weighted by atomic mass is 35.5. The van der Waals surface area contributed by atoms with Gasteiger partial charge in [-0.05, 0) is 60.8 Å². The highest BCUT2D eigenvalue weighted by Gasteiger charge is 2.38. The van der Waals surface area contributed by atoms with Crippen molar-refractivity contribution in [1.82, 2.24) is 9.55 Å². The van der Waals surface area contributed by atoms with Crippen LogP contribution in [-0.4, -0.2) is 14.8 Å². The number of aryl methyl sites for hydroxylation is 1. The highest BCUT2D eigenvalue weighted by molar-refractivity contribution is 8.00. The van der Waals surface area contributed by atoms with Gasteiger partial charge in [-0.3, -0.25) is 0 Å². The predicted molar refractivity (Wildman–Crippen MR) is 113 cm³/mol. The highest BCUT2D eigenvalue weighted by Crippen LogP contribution is 2.48. The van der Waals surface area contributed by atoms with Gasteiger partial charge in [0.05, 0.1) is 6.33 Å². The molecule has 1 heterocycles. The molecule has 4 heteroatoms. The number of nitrogens with zero attached hydrogens (tertiary/aromatic N) is 2. The Bertz CT molecular complexity index is 660. The number of hydrogen-bond acceptors (Lipinski definition) is 2. The Morgan fingerprint density at radius 3 is 2.58 bits per heavy atom. The number of imidazole rings is 1. The van der Waals surface area contributed by atoms with Gasteiger partial charge in [-0.1, -0.05) is 45.2 Å². The van der Waals surface area contributed by atoms with Crippen LogP contribution in [0.15, 0.2) is 47.9 Å². The molecule has 1 fully saturated rings. The van der Waals surface area contributed by atoms with E-state index >= 15 is 0 Å². The van der Waals surface area contributed by atoms with E-state index < -0.39 is 0 Å². The van der Waals surface area contributed by atoms with Crippen molar-refractivity contribution in [2.24, 2.45) is 17.3 Å². The fourth-order valence-electron chi connectivity index (χ4n) is 4.42. The van der Waals surface area contributed by atoms with Gasteiger partial charge < -0.3 is 4.57 Å². The number of benzene rings is 1. The Morgan fingerprint density at radius 1 is 1.19 bits per heavy atom. The third kappa shape index (κ3) is 5.29. The first kappa shape index (κ1) is 19.8. The van der Waals surface area contributed by atoms with Gasteiger partial charge in [0.2, 0.25) is 0 Å². The van der Waals surface area contributed by atoms with Crippen molar-refractivity contribution in [3.63, 3.8) is 0 Å². The fourth-order valence-corrected chi connectivity index (χ4v) is 5.92. The topological polar surface area (TPSA) is 17.8 Å². The van der Waals surface area contributed by atoms with Crippen molar-refractivity contribution < 1.29 is 0 Å². The first-order valence-corrected chi connectivity index (χ1v) is 11.1. The standard InChI is InChI=1S/C22H31ClN2S/c1-22(2,3)20-7-5-4-6-19(20)21(12-14-25-15-13-24-16-25)26-18-10-8-17(23)9-11-18/h8-11,13,15-16,19-21H,4-7,12,14H2,1-3H3. The van der Waals surface area contributed by atoms with Crippen LogP contribution in [0.3, 0.4) is 0 Å². The summed E-state index contributed by atoms with van der Waals surface area (Å²) in [5.74, 6) is 1.57. The summed E-state index contributed by atoms with van der Waals surface area (Å²) in [5.41, 5.74) is 0.374. The minimum absolute atomic E-state index is 0.374. The molecule has 2 nitrogen and oxygen atoms in total. The summed E-state index contributed by atoms with van der Waals surface area (Å²) in [7, 11) is 0. The second-order valence-corrected chi connectivity index (χ2v) is 10.4. The molecule has 3 atom stereocenters. The monoisotopic (exact) mass is 390 g/mol. The summed E-state index contributed by atoms with van der Waals surface area (Å²) in [5, 5.41) is 1.44. The molecule has 142 valence electrons. The van der Waals surface area contributed by atoms with Crippen molar-refractivity contribution >= 4 is 23.4 Å². The van der Waals surface area contributed by atoms with Gasteiger partial charge in [0.1, 0.15) is 0 Å².